The number of ether oxygens (including phenoxy) is 1. The summed E-state index contributed by atoms with van der Waals surface area (Å²) in [6.07, 6.45) is 0.323. The second-order valence-corrected chi connectivity index (χ2v) is 2.84. The first-order valence-corrected chi connectivity index (χ1v) is 3.39. The molecule has 0 aromatic heterocycles. The molecule has 3 nitrogen and oxygen atoms in total. The first-order chi connectivity index (χ1) is 4.66. The molecule has 1 atom stereocenters. The van der Waals surface area contributed by atoms with E-state index in [0.717, 1.165) is 0 Å². The molecule has 1 rings (SSSR count). The molecular formula is C6H13FN2O. The summed E-state index contributed by atoms with van der Waals surface area (Å²) in [4.78, 5) is 0. The molecule has 1 aliphatic heterocycles. The normalized spacial score (nSPS) is 25.5. The largest absolute Gasteiger partial charge is 0.375 e. The van der Waals surface area contributed by atoms with E-state index in [4.69, 9.17) is 16.2 Å². The monoisotopic (exact) mass is 148 g/mol. The maximum absolute atomic E-state index is 13.1. The van der Waals surface area contributed by atoms with Crippen LogP contribution < -0.4 is 11.5 Å². The topological polar surface area (TPSA) is 61.3 Å². The van der Waals surface area contributed by atoms with E-state index < -0.39 is 5.67 Å². The molecule has 0 aromatic rings. The molecule has 1 saturated heterocycles. The summed E-state index contributed by atoms with van der Waals surface area (Å²) in [5.41, 5.74) is 9.49. The highest BCUT2D eigenvalue weighted by molar-refractivity contribution is 4.89. The van der Waals surface area contributed by atoms with Crippen LogP contribution in [0.15, 0.2) is 0 Å². The van der Waals surface area contributed by atoms with E-state index in [2.05, 4.69) is 0 Å². The van der Waals surface area contributed by atoms with Gasteiger partial charge in [0.25, 0.3) is 0 Å². The smallest absolute Gasteiger partial charge is 0.158 e. The summed E-state index contributed by atoms with van der Waals surface area (Å²) in [5.74, 6) is 0. The number of hydrogen-bond donors (Lipinski definition) is 2. The van der Waals surface area contributed by atoms with Gasteiger partial charge in [0.2, 0.25) is 0 Å². The molecular weight excluding hydrogens is 135 g/mol. The SMILES string of the molecule is NCC(N)CC1(F)COC1. The number of nitrogens with two attached hydrogens (primary N) is 2. The molecule has 10 heavy (non-hydrogen) atoms. The molecule has 0 aliphatic carbocycles. The molecule has 0 aromatic carbocycles. The van der Waals surface area contributed by atoms with Crippen molar-refractivity contribution in [1.29, 1.82) is 0 Å². The Labute approximate surface area is 59.5 Å². The lowest BCUT2D eigenvalue weighted by Crippen LogP contribution is -2.50. The van der Waals surface area contributed by atoms with Gasteiger partial charge in [0.05, 0.1) is 13.2 Å². The zero-order valence-electron chi connectivity index (χ0n) is 5.85. The minimum absolute atomic E-state index is 0.181. The molecule has 0 bridgehead atoms. The van der Waals surface area contributed by atoms with Crippen molar-refractivity contribution in [3.05, 3.63) is 0 Å². The second kappa shape index (κ2) is 2.82. The van der Waals surface area contributed by atoms with Crippen LogP contribution in [0, 0.1) is 0 Å². The second-order valence-electron chi connectivity index (χ2n) is 2.84. The van der Waals surface area contributed by atoms with Crippen molar-refractivity contribution in [3.63, 3.8) is 0 Å². The van der Waals surface area contributed by atoms with E-state index >= 15 is 0 Å². The van der Waals surface area contributed by atoms with Gasteiger partial charge in [0.15, 0.2) is 5.67 Å². The third-order valence-electron chi connectivity index (χ3n) is 1.65. The van der Waals surface area contributed by atoms with Gasteiger partial charge >= 0.3 is 0 Å². The Morgan fingerprint density at radius 3 is 2.50 bits per heavy atom. The minimum Gasteiger partial charge on any atom is -0.375 e. The van der Waals surface area contributed by atoms with Gasteiger partial charge in [0.1, 0.15) is 0 Å². The summed E-state index contributed by atoms with van der Waals surface area (Å²) in [5, 5.41) is 0. The average Bonchev–Trinajstić information content (AvgIpc) is 1.84. The first kappa shape index (κ1) is 7.91. The first-order valence-electron chi connectivity index (χ1n) is 3.39. The fraction of sp³-hybridized carbons (Fsp3) is 1.00. The maximum atomic E-state index is 13.1. The molecule has 4 N–H and O–H groups in total. The zero-order valence-corrected chi connectivity index (χ0v) is 5.85. The summed E-state index contributed by atoms with van der Waals surface area (Å²) in [6, 6.07) is -0.228. The number of rotatable bonds is 3. The fourth-order valence-electron chi connectivity index (χ4n) is 0.995. The molecule has 4 heteroatoms. The van der Waals surface area contributed by atoms with Crippen LogP contribution in [0.1, 0.15) is 6.42 Å². The van der Waals surface area contributed by atoms with Gasteiger partial charge in [-0.15, -0.1) is 0 Å². The summed E-state index contributed by atoms with van der Waals surface area (Å²) >= 11 is 0. The lowest BCUT2D eigenvalue weighted by molar-refractivity contribution is -0.135. The number of alkyl halides is 1. The lowest BCUT2D eigenvalue weighted by Gasteiger charge is -2.35. The lowest BCUT2D eigenvalue weighted by atomic mass is 9.95. The quantitative estimate of drug-likeness (QED) is 0.562. The Morgan fingerprint density at radius 1 is 1.60 bits per heavy atom. The third kappa shape index (κ3) is 1.65. The molecule has 1 heterocycles. The van der Waals surface area contributed by atoms with Crippen LogP contribution in [0.25, 0.3) is 0 Å². The van der Waals surface area contributed by atoms with Crippen LogP contribution in [0.4, 0.5) is 4.39 Å². The van der Waals surface area contributed by atoms with Crippen LogP contribution in [-0.4, -0.2) is 31.5 Å². The van der Waals surface area contributed by atoms with E-state index in [0.29, 0.717) is 13.0 Å². The summed E-state index contributed by atoms with van der Waals surface area (Å²) in [6.45, 7) is 0.701. The van der Waals surface area contributed by atoms with Gasteiger partial charge in [-0.1, -0.05) is 0 Å². The van der Waals surface area contributed by atoms with Crippen molar-refractivity contribution in [1.82, 2.24) is 0 Å². The van der Waals surface area contributed by atoms with E-state index in [-0.39, 0.29) is 19.3 Å². The highest BCUT2D eigenvalue weighted by Gasteiger charge is 2.39. The van der Waals surface area contributed by atoms with Gasteiger partial charge in [0, 0.05) is 19.0 Å². The van der Waals surface area contributed by atoms with Crippen molar-refractivity contribution < 1.29 is 9.13 Å². The summed E-state index contributed by atoms with van der Waals surface area (Å²) in [7, 11) is 0. The number of halogens is 1. The fourth-order valence-corrected chi connectivity index (χ4v) is 0.995. The molecule has 1 aliphatic rings. The van der Waals surface area contributed by atoms with Crippen LogP contribution in [0.2, 0.25) is 0 Å². The van der Waals surface area contributed by atoms with Crippen LogP contribution in [-0.2, 0) is 4.74 Å². The minimum atomic E-state index is -1.18. The summed E-state index contributed by atoms with van der Waals surface area (Å²) < 4.78 is 17.8. The molecule has 1 unspecified atom stereocenters. The molecule has 0 spiro atoms. The Bertz CT molecular complexity index is 116. The van der Waals surface area contributed by atoms with E-state index in [1.165, 1.54) is 0 Å². The highest BCUT2D eigenvalue weighted by Crippen LogP contribution is 2.26. The third-order valence-corrected chi connectivity index (χ3v) is 1.65. The standard InChI is InChI=1S/C6H13FN2O/c7-6(3-10-4-6)1-5(9)2-8/h5H,1-4,8-9H2. The molecule has 60 valence electrons. The van der Waals surface area contributed by atoms with Gasteiger partial charge in [-0.3, -0.25) is 0 Å². The Hall–Kier alpha value is -0.190. The predicted octanol–water partition coefficient (Wildman–Crippen LogP) is -0.599. The van der Waals surface area contributed by atoms with Crippen molar-refractivity contribution in [3.8, 4) is 0 Å². The molecule has 0 radical (unpaired) electrons. The van der Waals surface area contributed by atoms with Crippen molar-refractivity contribution >= 4 is 0 Å². The van der Waals surface area contributed by atoms with E-state index in [1.54, 1.807) is 0 Å². The van der Waals surface area contributed by atoms with Gasteiger partial charge in [-0.25, -0.2) is 4.39 Å². The molecule has 0 saturated carbocycles. The van der Waals surface area contributed by atoms with Crippen LogP contribution in [0.3, 0.4) is 0 Å². The van der Waals surface area contributed by atoms with E-state index in [1.807, 2.05) is 0 Å². The van der Waals surface area contributed by atoms with Crippen LogP contribution in [0.5, 0.6) is 0 Å². The van der Waals surface area contributed by atoms with E-state index in [9.17, 15) is 4.39 Å². The van der Waals surface area contributed by atoms with Crippen molar-refractivity contribution in [2.24, 2.45) is 11.5 Å². The Balaban J connectivity index is 2.22. The molecule has 0 amide bonds. The number of hydrogen-bond acceptors (Lipinski definition) is 3. The van der Waals surface area contributed by atoms with Gasteiger partial charge in [-0.05, 0) is 0 Å². The van der Waals surface area contributed by atoms with Crippen molar-refractivity contribution in [2.75, 3.05) is 19.8 Å². The van der Waals surface area contributed by atoms with Gasteiger partial charge in [-0.2, -0.15) is 0 Å². The highest BCUT2D eigenvalue weighted by atomic mass is 19.1. The maximum Gasteiger partial charge on any atom is 0.158 e. The average molecular weight is 148 g/mol. The van der Waals surface area contributed by atoms with Crippen molar-refractivity contribution in [2.45, 2.75) is 18.1 Å². The Kier molecular flexibility index (Phi) is 2.23. The zero-order chi connectivity index (χ0) is 7.61. The predicted molar refractivity (Wildman–Crippen MR) is 36.3 cm³/mol. The molecule has 1 fully saturated rings. The Morgan fingerprint density at radius 2 is 2.20 bits per heavy atom. The van der Waals surface area contributed by atoms with Gasteiger partial charge < -0.3 is 16.2 Å². The van der Waals surface area contributed by atoms with Crippen LogP contribution >= 0.6 is 0 Å².